The zero-order chi connectivity index (χ0) is 44.7. The first-order valence-corrected chi connectivity index (χ1v) is 24.5. The predicted molar refractivity (Wildman–Crippen MR) is 236 cm³/mol. The molecule has 330 valence electrons. The zero-order valence-electron chi connectivity index (χ0n) is 37.0. The first kappa shape index (κ1) is 47.8. The van der Waals surface area contributed by atoms with Gasteiger partial charge in [-0.1, -0.05) is 75.4 Å². The summed E-state index contributed by atoms with van der Waals surface area (Å²) in [5, 5.41) is 9.16. The Kier molecular flexibility index (Phi) is 15.9. The van der Waals surface area contributed by atoms with Crippen LogP contribution in [0.2, 0.25) is 18.1 Å². The second kappa shape index (κ2) is 20.3. The minimum absolute atomic E-state index is 0.0680. The maximum atomic E-state index is 15.2. The molecule has 0 aliphatic carbocycles. The molecule has 0 bridgehead atoms. The Hall–Kier alpha value is -4.23. The van der Waals surface area contributed by atoms with Crippen LogP contribution >= 0.6 is 8.53 Å². The van der Waals surface area contributed by atoms with Gasteiger partial charge < -0.3 is 32.4 Å². The summed E-state index contributed by atoms with van der Waals surface area (Å²) >= 11 is 0. The van der Waals surface area contributed by atoms with Gasteiger partial charge >= 0.3 is 5.69 Å². The van der Waals surface area contributed by atoms with Gasteiger partial charge in [0.2, 0.25) is 5.82 Å². The fourth-order valence-electron chi connectivity index (χ4n) is 7.17. The van der Waals surface area contributed by atoms with Crippen LogP contribution in [0.15, 0.2) is 94.6 Å². The second-order valence-electron chi connectivity index (χ2n) is 17.0. The van der Waals surface area contributed by atoms with Crippen LogP contribution in [0.25, 0.3) is 0 Å². The van der Waals surface area contributed by atoms with E-state index >= 15 is 4.39 Å². The SMILES string of the molecule is COc1ccc(C(OC[C@H]2O[C@@H](n3cc(F)c(=O)[nH]c3=O)[C@H](OP(OCCC#N)N(C(C)C)C(C)C)[C@@H]2O[Si](C)(C)C(C)(C)C)(c2ccccc2)c2ccc(OC)cc2)cc1. The van der Waals surface area contributed by atoms with E-state index in [9.17, 15) is 14.9 Å². The number of halogens is 1. The maximum absolute atomic E-state index is 15.2. The standard InChI is InChI=1S/C45H60FN4O9PSi/c1-30(2)50(31(3)4)60(56-27-15-26-47)58-40-39(59-61(10,11)44(5,6)7)38(57-42(40)49-28-37(46)41(51)48-43(49)52)29-55-45(32-16-13-12-14-17-32,33-18-22-35(53-8)23-19-33)34-20-24-36(54-9)25-21-34/h12-14,16-25,28,30-31,38-40,42H,15,27,29H2,1-11H3,(H,48,51,52)/t38-,39-,40-,42-,60?/m1/s1. The third-order valence-electron chi connectivity index (χ3n) is 11.2. The molecule has 0 amide bonds. The van der Waals surface area contributed by atoms with E-state index in [1.807, 2.05) is 107 Å². The molecule has 5 atom stereocenters. The third-order valence-corrected chi connectivity index (χ3v) is 17.8. The van der Waals surface area contributed by atoms with E-state index in [4.69, 9.17) is 32.4 Å². The van der Waals surface area contributed by atoms with Crippen molar-refractivity contribution in [1.82, 2.24) is 14.2 Å². The summed E-state index contributed by atoms with van der Waals surface area (Å²) < 4.78 is 64.3. The highest BCUT2D eigenvalue weighted by molar-refractivity contribution is 7.44. The highest BCUT2D eigenvalue weighted by Crippen LogP contribution is 2.52. The molecule has 1 unspecified atom stereocenters. The number of ether oxygens (including phenoxy) is 4. The van der Waals surface area contributed by atoms with Crippen molar-refractivity contribution in [2.75, 3.05) is 27.4 Å². The van der Waals surface area contributed by atoms with Gasteiger partial charge in [-0.15, -0.1) is 0 Å². The molecule has 2 heterocycles. The van der Waals surface area contributed by atoms with E-state index in [0.29, 0.717) is 11.5 Å². The first-order valence-electron chi connectivity index (χ1n) is 20.5. The molecule has 0 radical (unpaired) electrons. The number of benzene rings is 3. The predicted octanol–water partition coefficient (Wildman–Crippen LogP) is 8.65. The number of aromatic nitrogens is 2. The average Bonchev–Trinajstić information content (AvgIpc) is 3.54. The normalized spacial score (nSPS) is 19.0. The Morgan fingerprint density at radius 2 is 1.43 bits per heavy atom. The number of hydrogen-bond donors (Lipinski definition) is 1. The highest BCUT2D eigenvalue weighted by Gasteiger charge is 2.54. The summed E-state index contributed by atoms with van der Waals surface area (Å²) in [5.41, 5.74) is -0.929. The summed E-state index contributed by atoms with van der Waals surface area (Å²) in [6.07, 6.45) is -3.33. The maximum Gasteiger partial charge on any atom is 0.330 e. The van der Waals surface area contributed by atoms with Crippen molar-refractivity contribution >= 4 is 16.8 Å². The van der Waals surface area contributed by atoms with Crippen LogP contribution in [0.5, 0.6) is 11.5 Å². The number of nitriles is 1. The Labute approximate surface area is 360 Å². The van der Waals surface area contributed by atoms with Crippen molar-refractivity contribution in [1.29, 1.82) is 5.26 Å². The van der Waals surface area contributed by atoms with Crippen LogP contribution in [-0.4, -0.2) is 80.4 Å². The molecule has 0 saturated carbocycles. The van der Waals surface area contributed by atoms with Crippen LogP contribution in [0.3, 0.4) is 0 Å². The number of nitrogens with one attached hydrogen (secondary N) is 1. The van der Waals surface area contributed by atoms with Crippen molar-refractivity contribution in [3.63, 3.8) is 0 Å². The average molecular weight is 879 g/mol. The smallest absolute Gasteiger partial charge is 0.330 e. The van der Waals surface area contributed by atoms with Crippen LogP contribution in [0.4, 0.5) is 4.39 Å². The molecule has 1 fully saturated rings. The van der Waals surface area contributed by atoms with Crippen LogP contribution < -0.4 is 20.7 Å². The molecule has 13 nitrogen and oxygen atoms in total. The van der Waals surface area contributed by atoms with Gasteiger partial charge in [0.25, 0.3) is 14.1 Å². The lowest BCUT2D eigenvalue weighted by Gasteiger charge is -2.42. The molecular weight excluding hydrogens is 819 g/mol. The van der Waals surface area contributed by atoms with E-state index in [0.717, 1.165) is 27.5 Å². The van der Waals surface area contributed by atoms with Gasteiger partial charge in [0.1, 0.15) is 35.4 Å². The number of rotatable bonds is 19. The molecule has 16 heteroatoms. The summed E-state index contributed by atoms with van der Waals surface area (Å²) in [6, 6.07) is 27.1. The first-order chi connectivity index (χ1) is 28.9. The van der Waals surface area contributed by atoms with Crippen LogP contribution in [-0.2, 0) is 28.5 Å². The summed E-state index contributed by atoms with van der Waals surface area (Å²) in [4.78, 5) is 28.1. The van der Waals surface area contributed by atoms with E-state index in [1.54, 1.807) is 14.2 Å². The van der Waals surface area contributed by atoms with Crippen molar-refractivity contribution < 1.29 is 36.8 Å². The van der Waals surface area contributed by atoms with E-state index < -0.39 is 64.1 Å². The summed E-state index contributed by atoms with van der Waals surface area (Å²) in [5.74, 6) is 0.146. The number of nitrogens with zero attached hydrogens (tertiary/aromatic N) is 3. The molecule has 0 spiro atoms. The molecule has 1 saturated heterocycles. The van der Waals surface area contributed by atoms with Gasteiger partial charge in [0.15, 0.2) is 14.5 Å². The van der Waals surface area contributed by atoms with E-state index in [1.165, 1.54) is 0 Å². The van der Waals surface area contributed by atoms with Gasteiger partial charge in [0, 0.05) is 12.1 Å². The molecule has 1 aromatic heterocycles. The minimum atomic E-state index is -2.71. The largest absolute Gasteiger partial charge is 0.497 e. The van der Waals surface area contributed by atoms with Crippen LogP contribution in [0.1, 0.15) is 77.8 Å². The molecule has 5 rings (SSSR count). The lowest BCUT2D eigenvalue weighted by molar-refractivity contribution is -0.0946. The van der Waals surface area contributed by atoms with Gasteiger partial charge in [-0.2, -0.15) is 9.65 Å². The van der Waals surface area contributed by atoms with Crippen LogP contribution in [0, 0.1) is 17.1 Å². The number of methoxy groups -OCH3 is 2. The lowest BCUT2D eigenvalue weighted by atomic mass is 9.80. The Bertz CT molecular complexity index is 2140. The van der Waals surface area contributed by atoms with Crippen molar-refractivity contribution in [2.45, 2.75) is 115 Å². The molecule has 1 aliphatic rings. The second-order valence-corrected chi connectivity index (χ2v) is 23.1. The van der Waals surface area contributed by atoms with Gasteiger partial charge in [-0.05, 0) is 86.8 Å². The summed E-state index contributed by atoms with van der Waals surface area (Å²) in [6.45, 7) is 18.5. The third kappa shape index (κ3) is 10.7. The highest BCUT2D eigenvalue weighted by atomic mass is 31.2. The fourth-order valence-corrected chi connectivity index (χ4v) is 10.2. The Morgan fingerprint density at radius 3 is 1.92 bits per heavy atom. The topological polar surface area (TPSA) is 146 Å². The van der Waals surface area contributed by atoms with E-state index in [-0.39, 0.29) is 36.8 Å². The molecule has 61 heavy (non-hydrogen) atoms. The van der Waals surface area contributed by atoms with Gasteiger partial charge in [0.05, 0.1) is 46.1 Å². The molecule has 3 aromatic carbocycles. The number of hydrogen-bond acceptors (Lipinski definition) is 11. The van der Waals surface area contributed by atoms with E-state index in [2.05, 4.69) is 49.6 Å². The molecule has 1 aliphatic heterocycles. The lowest BCUT2D eigenvalue weighted by Crippen LogP contribution is -2.51. The molecular formula is C45H60FN4O9PSi. The molecule has 4 aromatic rings. The summed E-state index contributed by atoms with van der Waals surface area (Å²) in [7, 11) is -1.44. The van der Waals surface area contributed by atoms with Crippen molar-refractivity contribution in [3.05, 3.63) is 128 Å². The Morgan fingerprint density at radius 1 is 0.885 bits per heavy atom. The number of H-pyrrole nitrogens is 1. The fraction of sp³-hybridized carbons (Fsp3) is 0.489. The quantitative estimate of drug-likeness (QED) is 0.0418. The number of aromatic amines is 1. The molecule has 1 N–H and O–H groups in total. The minimum Gasteiger partial charge on any atom is -0.497 e. The monoisotopic (exact) mass is 878 g/mol. The Balaban J connectivity index is 1.74. The van der Waals surface area contributed by atoms with Crippen molar-refractivity contribution in [3.8, 4) is 17.6 Å². The van der Waals surface area contributed by atoms with Gasteiger partial charge in [-0.3, -0.25) is 14.3 Å². The van der Waals surface area contributed by atoms with Crippen molar-refractivity contribution in [2.24, 2.45) is 0 Å². The zero-order valence-corrected chi connectivity index (χ0v) is 38.9. The van der Waals surface area contributed by atoms with Gasteiger partial charge in [-0.25, -0.2) is 9.46 Å².